The van der Waals surface area contributed by atoms with Crippen LogP contribution in [-0.4, -0.2) is 17.3 Å². The van der Waals surface area contributed by atoms with Gasteiger partial charge in [-0.3, -0.25) is 0 Å². The minimum absolute atomic E-state index is 0.133. The molecule has 0 saturated carbocycles. The minimum atomic E-state index is -0.133. The quantitative estimate of drug-likeness (QED) is 0.742. The number of ether oxygens (including phenoxy) is 1. The maximum Gasteiger partial charge on any atom is 0.120 e. The van der Waals surface area contributed by atoms with Crippen molar-refractivity contribution in [3.63, 3.8) is 0 Å². The monoisotopic (exact) mass is 250 g/mol. The van der Waals surface area contributed by atoms with Crippen LogP contribution >= 0.6 is 0 Å². The van der Waals surface area contributed by atoms with Gasteiger partial charge in [0.15, 0.2) is 0 Å². The summed E-state index contributed by atoms with van der Waals surface area (Å²) in [6.07, 6.45) is 5.56. The summed E-state index contributed by atoms with van der Waals surface area (Å²) in [5, 5.41) is 8.69. The van der Waals surface area contributed by atoms with Gasteiger partial charge in [-0.1, -0.05) is 25.0 Å². The number of hydrogen-bond acceptors (Lipinski definition) is 2. The lowest BCUT2D eigenvalue weighted by molar-refractivity contribution is 0.131. The molecule has 0 unspecified atom stereocenters. The maximum atomic E-state index is 8.69. The van der Waals surface area contributed by atoms with Crippen LogP contribution in [0.4, 0.5) is 0 Å². The van der Waals surface area contributed by atoms with Crippen molar-refractivity contribution in [3.05, 3.63) is 29.8 Å². The standard InChI is InChI=1S/C16H26O2/c1-16(2,3)18-15-11-9-14(10-12-15)8-6-4-5-7-13-17/h9-12,17H,4-8,13H2,1-3H3. The second-order valence-corrected chi connectivity index (χ2v) is 5.75. The first-order valence-electron chi connectivity index (χ1n) is 6.90. The summed E-state index contributed by atoms with van der Waals surface area (Å²) in [5.74, 6) is 0.937. The minimum Gasteiger partial charge on any atom is -0.488 e. The Morgan fingerprint density at radius 3 is 2.11 bits per heavy atom. The molecule has 0 saturated heterocycles. The molecule has 1 rings (SSSR count). The first kappa shape index (κ1) is 15.0. The number of benzene rings is 1. The summed E-state index contributed by atoms with van der Waals surface area (Å²) < 4.78 is 5.79. The Morgan fingerprint density at radius 2 is 1.56 bits per heavy atom. The molecule has 1 N–H and O–H groups in total. The Labute approximate surface area is 111 Å². The van der Waals surface area contributed by atoms with E-state index in [1.807, 2.05) is 12.1 Å². The lowest BCUT2D eigenvalue weighted by Crippen LogP contribution is -2.22. The number of hydrogen-bond donors (Lipinski definition) is 1. The molecule has 0 aliphatic rings. The van der Waals surface area contributed by atoms with Gasteiger partial charge in [0.05, 0.1) is 0 Å². The van der Waals surface area contributed by atoms with Crippen molar-refractivity contribution in [3.8, 4) is 5.75 Å². The van der Waals surface area contributed by atoms with Crippen LogP contribution in [0.1, 0.15) is 52.0 Å². The summed E-state index contributed by atoms with van der Waals surface area (Å²) in [5.41, 5.74) is 1.23. The Morgan fingerprint density at radius 1 is 0.944 bits per heavy atom. The average Bonchev–Trinajstić information content (AvgIpc) is 2.29. The Bertz CT molecular complexity index is 322. The normalized spacial score (nSPS) is 11.6. The highest BCUT2D eigenvalue weighted by Gasteiger charge is 2.11. The molecular weight excluding hydrogens is 224 g/mol. The molecule has 2 nitrogen and oxygen atoms in total. The first-order valence-corrected chi connectivity index (χ1v) is 6.90. The van der Waals surface area contributed by atoms with E-state index in [2.05, 4.69) is 32.9 Å². The fraction of sp³-hybridized carbons (Fsp3) is 0.625. The summed E-state index contributed by atoms with van der Waals surface area (Å²) >= 11 is 0. The molecular formula is C16H26O2. The molecule has 0 heterocycles. The van der Waals surface area contributed by atoms with Crippen molar-refractivity contribution in [1.82, 2.24) is 0 Å². The third-order valence-electron chi connectivity index (χ3n) is 2.72. The molecule has 0 radical (unpaired) electrons. The van der Waals surface area contributed by atoms with E-state index in [1.54, 1.807) is 0 Å². The predicted octanol–water partition coefficient (Wildman–Crippen LogP) is 3.96. The molecule has 0 amide bonds. The smallest absolute Gasteiger partial charge is 0.120 e. The van der Waals surface area contributed by atoms with E-state index >= 15 is 0 Å². The Balaban J connectivity index is 2.32. The molecule has 0 bridgehead atoms. The lowest BCUT2D eigenvalue weighted by Gasteiger charge is -2.21. The zero-order chi connectivity index (χ0) is 13.4. The fourth-order valence-electron chi connectivity index (χ4n) is 1.87. The van der Waals surface area contributed by atoms with Crippen LogP contribution in [0.15, 0.2) is 24.3 Å². The summed E-state index contributed by atoms with van der Waals surface area (Å²) in [6.45, 7) is 6.49. The van der Waals surface area contributed by atoms with Gasteiger partial charge in [-0.25, -0.2) is 0 Å². The van der Waals surface area contributed by atoms with E-state index in [-0.39, 0.29) is 5.60 Å². The third kappa shape index (κ3) is 6.65. The van der Waals surface area contributed by atoms with Gasteiger partial charge >= 0.3 is 0 Å². The van der Waals surface area contributed by atoms with E-state index < -0.39 is 0 Å². The van der Waals surface area contributed by atoms with Crippen molar-refractivity contribution in [2.75, 3.05) is 6.61 Å². The Hall–Kier alpha value is -1.02. The van der Waals surface area contributed by atoms with E-state index in [0.29, 0.717) is 6.61 Å². The van der Waals surface area contributed by atoms with Crippen LogP contribution in [0.2, 0.25) is 0 Å². The van der Waals surface area contributed by atoms with Crippen LogP contribution in [0.3, 0.4) is 0 Å². The lowest BCUT2D eigenvalue weighted by atomic mass is 10.1. The molecule has 102 valence electrons. The molecule has 18 heavy (non-hydrogen) atoms. The summed E-state index contributed by atoms with van der Waals surface area (Å²) in [6, 6.07) is 8.39. The highest BCUT2D eigenvalue weighted by atomic mass is 16.5. The van der Waals surface area contributed by atoms with E-state index in [4.69, 9.17) is 9.84 Å². The van der Waals surface area contributed by atoms with E-state index in [9.17, 15) is 0 Å². The van der Waals surface area contributed by atoms with Crippen LogP contribution in [-0.2, 0) is 6.42 Å². The van der Waals surface area contributed by atoms with Crippen LogP contribution in [0, 0.1) is 0 Å². The molecule has 0 aliphatic carbocycles. The molecule has 0 atom stereocenters. The van der Waals surface area contributed by atoms with Gasteiger partial charge in [-0.05, 0) is 57.7 Å². The van der Waals surface area contributed by atoms with Crippen molar-refractivity contribution < 1.29 is 9.84 Å². The number of aliphatic hydroxyl groups is 1. The highest BCUT2D eigenvalue weighted by Crippen LogP contribution is 2.19. The zero-order valence-corrected chi connectivity index (χ0v) is 11.9. The zero-order valence-electron chi connectivity index (χ0n) is 11.9. The van der Waals surface area contributed by atoms with Crippen molar-refractivity contribution in [1.29, 1.82) is 0 Å². The maximum absolute atomic E-state index is 8.69. The van der Waals surface area contributed by atoms with E-state index in [0.717, 1.165) is 25.0 Å². The number of aryl methyl sites for hydroxylation is 1. The SMILES string of the molecule is CC(C)(C)Oc1ccc(CCCCCCO)cc1. The molecule has 0 aromatic heterocycles. The van der Waals surface area contributed by atoms with Gasteiger partial charge in [-0.2, -0.15) is 0 Å². The van der Waals surface area contributed by atoms with Gasteiger partial charge in [0, 0.05) is 6.61 Å². The second kappa shape index (κ2) is 7.42. The van der Waals surface area contributed by atoms with Crippen molar-refractivity contribution in [2.45, 2.75) is 58.5 Å². The average molecular weight is 250 g/mol. The van der Waals surface area contributed by atoms with Crippen LogP contribution in [0.25, 0.3) is 0 Å². The van der Waals surface area contributed by atoms with Gasteiger partial charge < -0.3 is 9.84 Å². The van der Waals surface area contributed by atoms with Crippen molar-refractivity contribution >= 4 is 0 Å². The summed E-state index contributed by atoms with van der Waals surface area (Å²) in [7, 11) is 0. The largest absolute Gasteiger partial charge is 0.488 e. The third-order valence-corrected chi connectivity index (χ3v) is 2.72. The van der Waals surface area contributed by atoms with Gasteiger partial charge in [0.1, 0.15) is 11.4 Å². The molecule has 1 aromatic rings. The van der Waals surface area contributed by atoms with Crippen LogP contribution < -0.4 is 4.74 Å². The molecule has 0 aliphatic heterocycles. The second-order valence-electron chi connectivity index (χ2n) is 5.75. The molecule has 2 heteroatoms. The van der Waals surface area contributed by atoms with Gasteiger partial charge in [0.25, 0.3) is 0 Å². The molecule has 0 spiro atoms. The first-order chi connectivity index (χ1) is 8.51. The predicted molar refractivity (Wildman–Crippen MR) is 76.1 cm³/mol. The highest BCUT2D eigenvalue weighted by molar-refractivity contribution is 5.27. The topological polar surface area (TPSA) is 29.5 Å². The van der Waals surface area contributed by atoms with Gasteiger partial charge in [0.2, 0.25) is 0 Å². The van der Waals surface area contributed by atoms with Crippen molar-refractivity contribution in [2.24, 2.45) is 0 Å². The van der Waals surface area contributed by atoms with Gasteiger partial charge in [-0.15, -0.1) is 0 Å². The Kier molecular flexibility index (Phi) is 6.20. The van der Waals surface area contributed by atoms with E-state index in [1.165, 1.54) is 18.4 Å². The summed E-state index contributed by atoms with van der Waals surface area (Å²) in [4.78, 5) is 0. The molecule has 0 fully saturated rings. The number of rotatable bonds is 7. The fourth-order valence-corrected chi connectivity index (χ4v) is 1.87. The van der Waals surface area contributed by atoms with Crippen LogP contribution in [0.5, 0.6) is 5.75 Å². The number of aliphatic hydroxyl groups excluding tert-OH is 1. The number of unbranched alkanes of at least 4 members (excludes halogenated alkanes) is 3. The molecule has 1 aromatic carbocycles.